The zero-order valence-electron chi connectivity index (χ0n) is 20.5. The highest BCUT2D eigenvalue weighted by atomic mass is 19.4. The normalized spacial score (nSPS) is 12.1. The Morgan fingerprint density at radius 2 is 1.35 bits per heavy atom. The van der Waals surface area contributed by atoms with Crippen molar-refractivity contribution < 1.29 is 45.0 Å². The average Bonchev–Trinajstić information content (AvgIpc) is 3.26. The molecular formula is C26H20F6N4O4. The number of carbonyl (C=O) groups is 1. The summed E-state index contributed by atoms with van der Waals surface area (Å²) in [6.45, 7) is 1.48. The number of halogens is 6. The molecule has 4 aromatic rings. The lowest BCUT2D eigenvalue weighted by molar-refractivity contribution is -0.275. The van der Waals surface area contributed by atoms with E-state index in [9.17, 15) is 31.1 Å². The maximum Gasteiger partial charge on any atom is 0.573 e. The molecule has 0 radical (unpaired) electrons. The topological polar surface area (TPSA) is 98.5 Å². The van der Waals surface area contributed by atoms with Crippen molar-refractivity contribution >= 4 is 12.0 Å². The molecule has 4 rings (SSSR count). The average molecular weight is 566 g/mol. The van der Waals surface area contributed by atoms with Gasteiger partial charge in [0.1, 0.15) is 11.5 Å². The van der Waals surface area contributed by atoms with E-state index >= 15 is 0 Å². The quantitative estimate of drug-likeness (QED) is 0.237. The van der Waals surface area contributed by atoms with Crippen LogP contribution in [0.1, 0.15) is 22.6 Å². The highest BCUT2D eigenvalue weighted by Gasteiger charge is 2.39. The van der Waals surface area contributed by atoms with Crippen molar-refractivity contribution in [3.05, 3.63) is 101 Å². The van der Waals surface area contributed by atoms with Crippen molar-refractivity contribution in [1.82, 2.24) is 15.5 Å². The zero-order chi connectivity index (χ0) is 29.0. The summed E-state index contributed by atoms with van der Waals surface area (Å²) < 4.78 is 91.7. The number of anilines is 1. The van der Waals surface area contributed by atoms with Gasteiger partial charge in [-0.1, -0.05) is 59.7 Å². The van der Waals surface area contributed by atoms with E-state index < -0.39 is 35.8 Å². The van der Waals surface area contributed by atoms with Gasteiger partial charge in [0, 0.05) is 13.3 Å². The summed E-state index contributed by atoms with van der Waals surface area (Å²) in [4.78, 5) is 13.2. The van der Waals surface area contributed by atoms with Crippen molar-refractivity contribution in [3.63, 3.8) is 0 Å². The van der Waals surface area contributed by atoms with Crippen LogP contribution in [-0.4, -0.2) is 29.0 Å². The zero-order valence-corrected chi connectivity index (χ0v) is 20.5. The molecule has 8 nitrogen and oxygen atoms in total. The van der Waals surface area contributed by atoms with E-state index in [1.54, 1.807) is 30.3 Å². The first-order valence-corrected chi connectivity index (χ1v) is 11.5. The van der Waals surface area contributed by atoms with Gasteiger partial charge in [0.05, 0.1) is 5.54 Å². The Kier molecular flexibility index (Phi) is 7.89. The van der Waals surface area contributed by atoms with Crippen LogP contribution in [0.15, 0.2) is 83.3 Å². The summed E-state index contributed by atoms with van der Waals surface area (Å²) in [5, 5.41) is 12.3. The van der Waals surface area contributed by atoms with E-state index in [4.69, 9.17) is 4.42 Å². The van der Waals surface area contributed by atoms with Crippen LogP contribution in [0.2, 0.25) is 0 Å². The number of rotatable bonds is 8. The number of carbonyl (C=O) groups excluding carboxylic acids is 1. The minimum atomic E-state index is -5.03. The third-order valence-electron chi connectivity index (χ3n) is 5.51. The maximum atomic E-state index is 13.2. The largest absolute Gasteiger partial charge is 0.573 e. The van der Waals surface area contributed by atoms with Crippen molar-refractivity contribution in [3.8, 4) is 11.5 Å². The first kappa shape index (κ1) is 28.3. The fourth-order valence-corrected chi connectivity index (χ4v) is 4.05. The molecule has 1 heterocycles. The van der Waals surface area contributed by atoms with Crippen LogP contribution in [0.25, 0.3) is 0 Å². The van der Waals surface area contributed by atoms with Crippen LogP contribution in [0, 0.1) is 6.92 Å². The lowest BCUT2D eigenvalue weighted by atomic mass is 9.77. The molecule has 0 bridgehead atoms. The minimum Gasteiger partial charge on any atom is -0.408 e. The van der Waals surface area contributed by atoms with Gasteiger partial charge in [-0.25, -0.2) is 4.79 Å². The number of amides is 2. The molecule has 0 saturated heterocycles. The maximum absolute atomic E-state index is 13.2. The first-order valence-electron chi connectivity index (χ1n) is 11.5. The molecule has 40 heavy (non-hydrogen) atoms. The van der Waals surface area contributed by atoms with Crippen molar-refractivity contribution in [2.75, 3.05) is 5.32 Å². The molecule has 0 aliphatic carbocycles. The molecule has 0 spiro atoms. The number of hydrogen-bond acceptors (Lipinski definition) is 6. The number of ether oxygens (including phenoxy) is 2. The molecule has 210 valence electrons. The number of nitrogens with one attached hydrogen (secondary N) is 2. The summed E-state index contributed by atoms with van der Waals surface area (Å²) in [6.07, 6.45) is -10.2. The number of urea groups is 1. The highest BCUT2D eigenvalue weighted by molar-refractivity contribution is 5.88. The smallest absolute Gasteiger partial charge is 0.408 e. The predicted molar refractivity (Wildman–Crippen MR) is 128 cm³/mol. The summed E-state index contributed by atoms with van der Waals surface area (Å²) >= 11 is 0. The van der Waals surface area contributed by atoms with Crippen molar-refractivity contribution in [1.29, 1.82) is 0 Å². The minimum absolute atomic E-state index is 0.0547. The molecular weight excluding hydrogens is 546 g/mol. The Hall–Kier alpha value is -4.75. The van der Waals surface area contributed by atoms with E-state index in [-0.39, 0.29) is 29.5 Å². The molecule has 2 N–H and O–H groups in total. The van der Waals surface area contributed by atoms with Crippen LogP contribution in [0.3, 0.4) is 0 Å². The Bertz CT molecular complexity index is 1400. The van der Waals surface area contributed by atoms with Gasteiger partial charge in [-0.15, -0.1) is 31.4 Å². The molecule has 14 heteroatoms. The van der Waals surface area contributed by atoms with E-state index in [1.807, 2.05) is 0 Å². The molecule has 0 aliphatic heterocycles. The van der Waals surface area contributed by atoms with E-state index in [0.717, 1.165) is 24.3 Å². The molecule has 0 unspecified atom stereocenters. The molecule has 1 aromatic heterocycles. The van der Waals surface area contributed by atoms with Crippen LogP contribution in [0.4, 0.5) is 37.2 Å². The van der Waals surface area contributed by atoms with Gasteiger partial charge in [-0.05, 0) is 41.0 Å². The summed E-state index contributed by atoms with van der Waals surface area (Å²) in [5.74, 6) is -1.08. The summed E-state index contributed by atoms with van der Waals surface area (Å²) in [6, 6.07) is 16.7. The Morgan fingerprint density at radius 3 is 1.82 bits per heavy atom. The first-order chi connectivity index (χ1) is 18.8. The predicted octanol–water partition coefficient (Wildman–Crippen LogP) is 6.48. The van der Waals surface area contributed by atoms with Crippen molar-refractivity contribution in [2.45, 2.75) is 31.6 Å². The second-order valence-electron chi connectivity index (χ2n) is 8.42. The van der Waals surface area contributed by atoms with Gasteiger partial charge in [-0.2, -0.15) is 0 Å². The fraction of sp³-hybridized carbons (Fsp3) is 0.192. The second-order valence-corrected chi connectivity index (χ2v) is 8.42. The molecule has 3 aromatic carbocycles. The number of nitrogens with zero attached hydrogens (tertiary/aromatic N) is 2. The van der Waals surface area contributed by atoms with Crippen LogP contribution < -0.4 is 20.1 Å². The fourth-order valence-electron chi connectivity index (χ4n) is 4.05. The van der Waals surface area contributed by atoms with Gasteiger partial charge >= 0.3 is 24.8 Å². The van der Waals surface area contributed by atoms with Crippen LogP contribution in [-0.2, 0) is 12.0 Å². The van der Waals surface area contributed by atoms with Crippen molar-refractivity contribution in [2.24, 2.45) is 0 Å². The number of aromatic nitrogens is 2. The Balaban J connectivity index is 1.89. The number of alkyl halides is 6. The van der Waals surface area contributed by atoms with Gasteiger partial charge in [0.25, 0.3) is 0 Å². The Labute approximate surface area is 222 Å². The Morgan fingerprint density at radius 1 is 0.800 bits per heavy atom. The van der Waals surface area contributed by atoms with Gasteiger partial charge in [0.2, 0.25) is 5.89 Å². The lowest BCUT2D eigenvalue weighted by Crippen LogP contribution is -2.50. The third kappa shape index (κ3) is 7.42. The number of aryl methyl sites for hydroxylation is 1. The summed E-state index contributed by atoms with van der Waals surface area (Å²) in [7, 11) is 0. The van der Waals surface area contributed by atoms with Gasteiger partial charge in [0.15, 0.2) is 0 Å². The molecule has 2 amide bonds. The molecule has 0 atom stereocenters. The third-order valence-corrected chi connectivity index (χ3v) is 5.51. The van der Waals surface area contributed by atoms with E-state index in [1.165, 1.54) is 31.2 Å². The number of benzene rings is 3. The molecule has 0 saturated carbocycles. The highest BCUT2D eigenvalue weighted by Crippen LogP contribution is 2.38. The summed E-state index contributed by atoms with van der Waals surface area (Å²) in [5.41, 5.74) is -1.07. The van der Waals surface area contributed by atoms with Crippen LogP contribution in [0.5, 0.6) is 11.5 Å². The van der Waals surface area contributed by atoms with Crippen LogP contribution >= 0.6 is 0 Å². The number of hydrogen-bond donors (Lipinski definition) is 2. The molecule has 0 fully saturated rings. The van der Waals surface area contributed by atoms with E-state index in [2.05, 4.69) is 30.3 Å². The van der Waals surface area contributed by atoms with Gasteiger partial charge < -0.3 is 19.2 Å². The van der Waals surface area contributed by atoms with E-state index in [0.29, 0.717) is 5.56 Å². The lowest BCUT2D eigenvalue weighted by Gasteiger charge is -2.36. The SMILES string of the molecule is Cc1nnc(NC(=O)NC(Cc2ccccc2)(c2cccc(OC(F)(F)F)c2)c2cccc(OC(F)(F)F)c2)o1. The second kappa shape index (κ2) is 11.2. The molecule has 0 aliphatic rings. The standard InChI is InChI=1S/C26H20F6N4O4/c1-16-35-36-23(38-16)33-22(37)34-24(15-17-7-3-2-4-8-17,18-9-5-11-20(13-18)39-25(27,28)29)19-10-6-12-21(14-19)40-26(30,31)32/h2-14H,15H2,1H3,(H2,33,34,36,37). The monoisotopic (exact) mass is 566 g/mol. The van der Waals surface area contributed by atoms with Gasteiger partial charge in [-0.3, -0.25) is 5.32 Å².